The zero-order valence-electron chi connectivity index (χ0n) is 10.1. The summed E-state index contributed by atoms with van der Waals surface area (Å²) in [5.74, 6) is 0.929. The van der Waals surface area contributed by atoms with E-state index in [2.05, 4.69) is 37.5 Å². The Morgan fingerprint density at radius 1 is 1.07 bits per heavy atom. The van der Waals surface area contributed by atoms with Gasteiger partial charge in [0.15, 0.2) is 0 Å². The molecule has 0 N–H and O–H groups in total. The van der Waals surface area contributed by atoms with Crippen LogP contribution >= 0.6 is 0 Å². The van der Waals surface area contributed by atoms with Gasteiger partial charge >= 0.3 is 0 Å². The molecule has 2 aliphatic heterocycles. The van der Waals surface area contributed by atoms with Gasteiger partial charge in [0.05, 0.1) is 0 Å². The third kappa shape index (κ3) is 1.96. The molecule has 0 aromatic rings. The lowest BCUT2D eigenvalue weighted by Crippen LogP contribution is -2.64. The van der Waals surface area contributed by atoms with Crippen LogP contribution in [0.25, 0.3) is 0 Å². The Morgan fingerprint density at radius 3 is 2.14 bits per heavy atom. The first kappa shape index (κ1) is 10.4. The van der Waals surface area contributed by atoms with E-state index in [4.69, 9.17) is 0 Å². The van der Waals surface area contributed by atoms with Crippen LogP contribution in [0.5, 0.6) is 0 Å². The number of hydrogen-bond acceptors (Lipinski definition) is 2. The molecule has 2 saturated heterocycles. The summed E-state index contributed by atoms with van der Waals surface area (Å²) in [7, 11) is 0. The number of rotatable bonds is 1. The van der Waals surface area contributed by atoms with Crippen LogP contribution in [0, 0.1) is 5.92 Å². The van der Waals surface area contributed by atoms with E-state index in [0.717, 1.165) is 12.0 Å². The maximum Gasteiger partial charge on any atom is 0.0350 e. The molecule has 2 aliphatic rings. The van der Waals surface area contributed by atoms with Crippen LogP contribution in [-0.4, -0.2) is 47.6 Å². The molecule has 2 heterocycles. The molecule has 0 radical (unpaired) electrons. The van der Waals surface area contributed by atoms with E-state index in [-0.39, 0.29) is 0 Å². The summed E-state index contributed by atoms with van der Waals surface area (Å²) in [5.41, 5.74) is 0.377. The van der Waals surface area contributed by atoms with Crippen LogP contribution in [0.3, 0.4) is 0 Å². The molecule has 0 spiro atoms. The van der Waals surface area contributed by atoms with Gasteiger partial charge in [0.2, 0.25) is 0 Å². The first-order chi connectivity index (χ1) is 6.47. The van der Waals surface area contributed by atoms with Gasteiger partial charge in [0.1, 0.15) is 0 Å². The normalized spacial score (nSPS) is 32.1. The molecule has 2 fully saturated rings. The van der Waals surface area contributed by atoms with Crippen LogP contribution in [0.1, 0.15) is 34.1 Å². The van der Waals surface area contributed by atoms with Gasteiger partial charge in [-0.05, 0) is 39.7 Å². The highest BCUT2D eigenvalue weighted by molar-refractivity contribution is 4.95. The molecule has 0 aliphatic carbocycles. The van der Waals surface area contributed by atoms with Crippen LogP contribution < -0.4 is 0 Å². The Hall–Kier alpha value is -0.0800. The largest absolute Gasteiger partial charge is 0.298 e. The van der Waals surface area contributed by atoms with Crippen molar-refractivity contribution < 1.29 is 0 Å². The molecule has 14 heavy (non-hydrogen) atoms. The average molecular weight is 196 g/mol. The molecule has 0 bridgehead atoms. The first-order valence-corrected chi connectivity index (χ1v) is 5.96. The van der Waals surface area contributed by atoms with Gasteiger partial charge in [-0.3, -0.25) is 9.80 Å². The van der Waals surface area contributed by atoms with Crippen LogP contribution in [0.15, 0.2) is 0 Å². The smallest absolute Gasteiger partial charge is 0.0350 e. The second-order valence-corrected chi connectivity index (χ2v) is 6.12. The van der Waals surface area contributed by atoms with Crippen LogP contribution in [-0.2, 0) is 0 Å². The molecular formula is C12H24N2. The van der Waals surface area contributed by atoms with Gasteiger partial charge in [-0.25, -0.2) is 0 Å². The summed E-state index contributed by atoms with van der Waals surface area (Å²) in [6.45, 7) is 14.6. The molecule has 2 rings (SSSR count). The van der Waals surface area contributed by atoms with Crippen molar-refractivity contribution >= 4 is 0 Å². The zero-order valence-corrected chi connectivity index (χ0v) is 10.1. The highest BCUT2D eigenvalue weighted by atomic mass is 15.3. The maximum absolute atomic E-state index is 2.69. The summed E-state index contributed by atoms with van der Waals surface area (Å²) >= 11 is 0. The van der Waals surface area contributed by atoms with E-state index in [0.29, 0.717) is 5.54 Å². The van der Waals surface area contributed by atoms with E-state index in [1.165, 1.54) is 32.6 Å². The predicted octanol–water partition coefficient (Wildman–Crippen LogP) is 1.81. The van der Waals surface area contributed by atoms with Crippen molar-refractivity contribution in [3.63, 3.8) is 0 Å². The van der Waals surface area contributed by atoms with E-state index < -0.39 is 0 Å². The van der Waals surface area contributed by atoms with Crippen molar-refractivity contribution in [1.29, 1.82) is 0 Å². The fourth-order valence-corrected chi connectivity index (χ4v) is 2.53. The lowest BCUT2D eigenvalue weighted by atomic mass is 9.97. The van der Waals surface area contributed by atoms with Gasteiger partial charge in [0, 0.05) is 31.2 Å². The van der Waals surface area contributed by atoms with Gasteiger partial charge < -0.3 is 0 Å². The maximum atomic E-state index is 2.69. The standard InChI is InChI=1S/C12H24N2/c1-10-5-6-13(7-10)11-8-14(9-11)12(2,3)4/h10-11H,5-9H2,1-4H3/t10-/m1/s1. The van der Waals surface area contributed by atoms with E-state index >= 15 is 0 Å². The minimum atomic E-state index is 0.377. The lowest BCUT2D eigenvalue weighted by Gasteiger charge is -2.50. The van der Waals surface area contributed by atoms with Crippen molar-refractivity contribution in [2.24, 2.45) is 5.92 Å². The lowest BCUT2D eigenvalue weighted by molar-refractivity contribution is -0.0146. The molecule has 1 atom stereocenters. The quantitative estimate of drug-likeness (QED) is 0.631. The minimum absolute atomic E-state index is 0.377. The summed E-state index contributed by atoms with van der Waals surface area (Å²) in [4.78, 5) is 5.27. The summed E-state index contributed by atoms with van der Waals surface area (Å²) < 4.78 is 0. The van der Waals surface area contributed by atoms with Gasteiger partial charge in [0.25, 0.3) is 0 Å². The second kappa shape index (κ2) is 3.49. The van der Waals surface area contributed by atoms with E-state index in [1.54, 1.807) is 0 Å². The molecule has 0 saturated carbocycles. The highest BCUT2D eigenvalue weighted by Crippen LogP contribution is 2.27. The number of nitrogens with zero attached hydrogens (tertiary/aromatic N) is 2. The fraction of sp³-hybridized carbons (Fsp3) is 1.00. The molecule has 2 nitrogen and oxygen atoms in total. The molecule has 0 aromatic carbocycles. The summed E-state index contributed by atoms with van der Waals surface area (Å²) in [6.07, 6.45) is 1.41. The van der Waals surface area contributed by atoms with Crippen molar-refractivity contribution in [2.75, 3.05) is 26.2 Å². The van der Waals surface area contributed by atoms with E-state index in [1.807, 2.05) is 0 Å². The van der Waals surface area contributed by atoms with Crippen molar-refractivity contribution in [3.8, 4) is 0 Å². The molecule has 0 amide bonds. The molecular weight excluding hydrogens is 172 g/mol. The highest BCUT2D eigenvalue weighted by Gasteiger charge is 2.38. The molecule has 0 unspecified atom stereocenters. The predicted molar refractivity (Wildman–Crippen MR) is 60.5 cm³/mol. The minimum Gasteiger partial charge on any atom is -0.298 e. The topological polar surface area (TPSA) is 6.48 Å². The number of likely N-dealkylation sites (tertiary alicyclic amines) is 2. The van der Waals surface area contributed by atoms with Gasteiger partial charge in [-0.2, -0.15) is 0 Å². The van der Waals surface area contributed by atoms with E-state index in [9.17, 15) is 0 Å². The summed E-state index contributed by atoms with van der Waals surface area (Å²) in [5, 5.41) is 0. The van der Waals surface area contributed by atoms with Crippen molar-refractivity contribution in [2.45, 2.75) is 45.7 Å². The van der Waals surface area contributed by atoms with Crippen LogP contribution in [0.2, 0.25) is 0 Å². The molecule has 0 aromatic heterocycles. The second-order valence-electron chi connectivity index (χ2n) is 6.12. The Labute approximate surface area is 88.3 Å². The first-order valence-electron chi connectivity index (χ1n) is 5.96. The monoisotopic (exact) mass is 196 g/mol. The third-order valence-electron chi connectivity index (χ3n) is 3.78. The third-order valence-corrected chi connectivity index (χ3v) is 3.78. The Bertz CT molecular complexity index is 201. The Kier molecular flexibility index (Phi) is 2.61. The molecule has 2 heteroatoms. The fourth-order valence-electron chi connectivity index (χ4n) is 2.53. The number of hydrogen-bond donors (Lipinski definition) is 0. The van der Waals surface area contributed by atoms with Gasteiger partial charge in [-0.15, -0.1) is 0 Å². The van der Waals surface area contributed by atoms with Crippen LogP contribution in [0.4, 0.5) is 0 Å². The van der Waals surface area contributed by atoms with Crippen molar-refractivity contribution in [3.05, 3.63) is 0 Å². The molecule has 82 valence electrons. The Morgan fingerprint density at radius 2 is 1.71 bits per heavy atom. The SMILES string of the molecule is C[C@@H]1CCN(C2CN(C(C)(C)C)C2)C1. The Balaban J connectivity index is 1.78. The zero-order chi connectivity index (χ0) is 10.3. The average Bonchev–Trinajstić information content (AvgIpc) is 2.28. The van der Waals surface area contributed by atoms with Gasteiger partial charge in [-0.1, -0.05) is 6.92 Å². The van der Waals surface area contributed by atoms with Crippen molar-refractivity contribution in [1.82, 2.24) is 9.80 Å². The summed E-state index contributed by atoms with van der Waals surface area (Å²) in [6, 6.07) is 0.860.